The van der Waals surface area contributed by atoms with Gasteiger partial charge in [0.15, 0.2) is 5.13 Å². The van der Waals surface area contributed by atoms with Crippen LogP contribution in [0, 0.1) is 12.8 Å². The van der Waals surface area contributed by atoms with Gasteiger partial charge in [-0.2, -0.15) is 4.31 Å². The van der Waals surface area contributed by atoms with Crippen molar-refractivity contribution in [3.05, 3.63) is 75.8 Å². The van der Waals surface area contributed by atoms with Crippen molar-refractivity contribution in [1.82, 2.24) is 9.29 Å². The van der Waals surface area contributed by atoms with Gasteiger partial charge in [0.25, 0.3) is 0 Å². The highest BCUT2D eigenvalue weighted by Gasteiger charge is 2.29. The van der Waals surface area contributed by atoms with Crippen molar-refractivity contribution >= 4 is 43.9 Å². The number of ketones is 1. The molecule has 1 fully saturated rings. The molecule has 1 N–H and O–H groups in total. The fourth-order valence-corrected chi connectivity index (χ4v) is 6.14. The number of thiazole rings is 1. The van der Waals surface area contributed by atoms with Crippen LogP contribution in [0.3, 0.4) is 0 Å². The zero-order valence-corrected chi connectivity index (χ0v) is 20.0. The number of carbonyl (C=O) groups is 1. The number of rotatable bonds is 7. The standard InChI is InChI=1S/C23H24ClN3O3S2/c1-16-4-2-3-5-20(16)22(28)21-15-26-23(31-21)25-14-17-10-12-27(13-11-17)32(29,30)19-8-6-18(24)7-9-19/h2-9,15,17H,10-14H2,1H3,(H,25,26). The Bertz CT molecular complexity index is 1200. The molecule has 1 aliphatic heterocycles. The van der Waals surface area contributed by atoms with E-state index in [1.165, 1.54) is 15.6 Å². The molecule has 0 radical (unpaired) electrons. The number of nitrogens with one attached hydrogen (secondary N) is 1. The van der Waals surface area contributed by atoms with E-state index in [4.69, 9.17) is 11.6 Å². The largest absolute Gasteiger partial charge is 0.361 e. The van der Waals surface area contributed by atoms with Crippen LogP contribution in [0.15, 0.2) is 59.6 Å². The number of carbonyl (C=O) groups excluding carboxylic acids is 1. The van der Waals surface area contributed by atoms with Crippen LogP contribution in [0.4, 0.5) is 5.13 Å². The number of anilines is 1. The first-order valence-electron chi connectivity index (χ1n) is 10.4. The number of hydrogen-bond acceptors (Lipinski definition) is 6. The highest BCUT2D eigenvalue weighted by Crippen LogP contribution is 2.27. The van der Waals surface area contributed by atoms with Crippen LogP contribution in [0.2, 0.25) is 5.02 Å². The lowest BCUT2D eigenvalue weighted by atomic mass is 9.98. The van der Waals surface area contributed by atoms with E-state index in [0.29, 0.717) is 46.1 Å². The Labute approximate surface area is 197 Å². The van der Waals surface area contributed by atoms with E-state index < -0.39 is 10.0 Å². The summed E-state index contributed by atoms with van der Waals surface area (Å²) < 4.78 is 27.2. The van der Waals surface area contributed by atoms with E-state index in [-0.39, 0.29) is 10.7 Å². The van der Waals surface area contributed by atoms with Crippen molar-refractivity contribution in [2.75, 3.05) is 25.0 Å². The van der Waals surface area contributed by atoms with Crippen molar-refractivity contribution in [2.45, 2.75) is 24.7 Å². The minimum atomic E-state index is -3.50. The van der Waals surface area contributed by atoms with Crippen molar-refractivity contribution in [3.8, 4) is 0 Å². The number of piperidine rings is 1. The second-order valence-electron chi connectivity index (χ2n) is 7.86. The van der Waals surface area contributed by atoms with Crippen LogP contribution < -0.4 is 5.32 Å². The summed E-state index contributed by atoms with van der Waals surface area (Å²) in [7, 11) is -3.50. The molecule has 32 heavy (non-hydrogen) atoms. The Hall–Kier alpha value is -2.26. The summed E-state index contributed by atoms with van der Waals surface area (Å²) in [5.74, 6) is 0.320. The number of aromatic nitrogens is 1. The van der Waals surface area contributed by atoms with Gasteiger partial charge < -0.3 is 5.32 Å². The maximum absolute atomic E-state index is 12.8. The van der Waals surface area contributed by atoms with Gasteiger partial charge in [0.1, 0.15) is 0 Å². The summed E-state index contributed by atoms with van der Waals surface area (Å²) in [6.07, 6.45) is 3.14. The Morgan fingerprint density at radius 1 is 1.16 bits per heavy atom. The molecule has 4 rings (SSSR count). The van der Waals surface area contributed by atoms with Gasteiger partial charge in [0, 0.05) is 30.2 Å². The van der Waals surface area contributed by atoms with Gasteiger partial charge in [-0.25, -0.2) is 13.4 Å². The zero-order valence-electron chi connectivity index (χ0n) is 17.6. The summed E-state index contributed by atoms with van der Waals surface area (Å²) in [6.45, 7) is 3.58. The molecule has 2 aromatic carbocycles. The number of nitrogens with zero attached hydrogens (tertiary/aromatic N) is 2. The number of sulfonamides is 1. The summed E-state index contributed by atoms with van der Waals surface area (Å²) in [5, 5.41) is 4.54. The monoisotopic (exact) mass is 489 g/mol. The zero-order chi connectivity index (χ0) is 22.7. The van der Waals surface area contributed by atoms with Gasteiger partial charge in [0.2, 0.25) is 15.8 Å². The van der Waals surface area contributed by atoms with Crippen LogP contribution in [0.25, 0.3) is 0 Å². The van der Waals surface area contributed by atoms with Gasteiger partial charge in [-0.15, -0.1) is 0 Å². The maximum Gasteiger partial charge on any atom is 0.243 e. The Morgan fingerprint density at radius 2 is 1.84 bits per heavy atom. The average molecular weight is 490 g/mol. The van der Waals surface area contributed by atoms with E-state index >= 15 is 0 Å². The van der Waals surface area contributed by atoms with Gasteiger partial charge in [0.05, 0.1) is 16.0 Å². The number of halogens is 1. The van der Waals surface area contributed by atoms with Gasteiger partial charge in [-0.1, -0.05) is 47.2 Å². The molecule has 0 spiro atoms. The molecule has 0 aliphatic carbocycles. The molecule has 0 bridgehead atoms. The number of hydrogen-bond donors (Lipinski definition) is 1. The topological polar surface area (TPSA) is 79.4 Å². The van der Waals surface area contributed by atoms with E-state index in [1.807, 2.05) is 31.2 Å². The first-order valence-corrected chi connectivity index (χ1v) is 13.0. The van der Waals surface area contributed by atoms with E-state index in [0.717, 1.165) is 18.4 Å². The highest BCUT2D eigenvalue weighted by atomic mass is 35.5. The minimum Gasteiger partial charge on any atom is -0.361 e. The van der Waals surface area contributed by atoms with Gasteiger partial charge in [-0.3, -0.25) is 4.79 Å². The second kappa shape index (κ2) is 9.70. The average Bonchev–Trinajstić information content (AvgIpc) is 3.27. The molecule has 6 nitrogen and oxygen atoms in total. The van der Waals surface area contributed by atoms with E-state index in [2.05, 4.69) is 10.3 Å². The van der Waals surface area contributed by atoms with Crippen LogP contribution in [0.1, 0.15) is 33.6 Å². The normalized spacial score (nSPS) is 15.6. The third-order valence-electron chi connectivity index (χ3n) is 5.69. The summed E-state index contributed by atoms with van der Waals surface area (Å²) in [6, 6.07) is 13.8. The number of benzene rings is 2. The molecule has 0 saturated carbocycles. The second-order valence-corrected chi connectivity index (χ2v) is 11.3. The summed E-state index contributed by atoms with van der Waals surface area (Å²) in [4.78, 5) is 17.9. The molecule has 1 saturated heterocycles. The maximum atomic E-state index is 12.8. The van der Waals surface area contributed by atoms with Crippen molar-refractivity contribution < 1.29 is 13.2 Å². The third-order valence-corrected chi connectivity index (χ3v) is 8.80. The lowest BCUT2D eigenvalue weighted by molar-refractivity contribution is 0.104. The lowest BCUT2D eigenvalue weighted by Gasteiger charge is -2.31. The first-order chi connectivity index (χ1) is 15.3. The van der Waals surface area contributed by atoms with Crippen molar-refractivity contribution in [2.24, 2.45) is 5.92 Å². The SMILES string of the molecule is Cc1ccccc1C(=O)c1cnc(NCC2CCN(S(=O)(=O)c3ccc(Cl)cc3)CC2)s1. The molecule has 1 aliphatic rings. The van der Waals surface area contributed by atoms with E-state index in [1.54, 1.807) is 30.5 Å². The number of aryl methyl sites for hydroxylation is 1. The van der Waals surface area contributed by atoms with Crippen molar-refractivity contribution in [3.63, 3.8) is 0 Å². The van der Waals surface area contributed by atoms with Crippen LogP contribution in [-0.2, 0) is 10.0 Å². The summed E-state index contributed by atoms with van der Waals surface area (Å²) >= 11 is 7.22. The molecule has 0 atom stereocenters. The molecule has 2 heterocycles. The fourth-order valence-electron chi connectivity index (χ4n) is 3.76. The fraction of sp³-hybridized carbons (Fsp3) is 0.304. The smallest absolute Gasteiger partial charge is 0.243 e. The third kappa shape index (κ3) is 5.04. The molecule has 0 amide bonds. The molecule has 168 valence electrons. The Morgan fingerprint density at radius 3 is 2.53 bits per heavy atom. The van der Waals surface area contributed by atoms with Crippen LogP contribution >= 0.6 is 22.9 Å². The molecular weight excluding hydrogens is 466 g/mol. The van der Waals surface area contributed by atoms with E-state index in [9.17, 15) is 13.2 Å². The minimum absolute atomic E-state index is 0.0191. The van der Waals surface area contributed by atoms with Crippen LogP contribution in [-0.4, -0.2) is 43.1 Å². The molecule has 1 aromatic heterocycles. The van der Waals surface area contributed by atoms with Gasteiger partial charge >= 0.3 is 0 Å². The Balaban J connectivity index is 1.31. The quantitative estimate of drug-likeness (QED) is 0.480. The highest BCUT2D eigenvalue weighted by molar-refractivity contribution is 7.89. The molecule has 3 aromatic rings. The Kier molecular flexibility index (Phi) is 6.95. The molecular formula is C23H24ClN3O3S2. The first kappa shape index (κ1) is 22.9. The van der Waals surface area contributed by atoms with Crippen LogP contribution in [0.5, 0.6) is 0 Å². The molecule has 0 unspecified atom stereocenters. The van der Waals surface area contributed by atoms with Crippen molar-refractivity contribution in [1.29, 1.82) is 0 Å². The predicted octanol–water partition coefficient (Wildman–Crippen LogP) is 4.85. The predicted molar refractivity (Wildman–Crippen MR) is 128 cm³/mol. The van der Waals surface area contributed by atoms with Gasteiger partial charge in [-0.05, 0) is 55.5 Å². The summed E-state index contributed by atoms with van der Waals surface area (Å²) in [5.41, 5.74) is 1.64. The lowest BCUT2D eigenvalue weighted by Crippen LogP contribution is -2.39. The molecule has 9 heteroatoms.